The van der Waals surface area contributed by atoms with Gasteiger partial charge in [0, 0.05) is 11.8 Å². The molecule has 0 amide bonds. The molecule has 0 fully saturated rings. The Labute approximate surface area is 98.9 Å². The summed E-state index contributed by atoms with van der Waals surface area (Å²) in [6.45, 7) is -0.473. The number of anilines is 1. The molecule has 1 aromatic heterocycles. The van der Waals surface area contributed by atoms with Gasteiger partial charge in [0.1, 0.15) is 10.8 Å². The summed E-state index contributed by atoms with van der Waals surface area (Å²) in [6, 6.07) is 1.17. The first kappa shape index (κ1) is 14.0. The molecule has 0 bridgehead atoms. The normalized spacial score (nSPS) is 13.7. The van der Waals surface area contributed by atoms with Crippen molar-refractivity contribution in [3.63, 3.8) is 0 Å². The lowest BCUT2D eigenvalue weighted by molar-refractivity contribution is -0.145. The lowest BCUT2D eigenvalue weighted by Gasteiger charge is -2.09. The van der Waals surface area contributed by atoms with Crippen molar-refractivity contribution in [2.45, 2.75) is 17.3 Å². The SMILES string of the molecule is Nc1cc(SCC(O)CO)nc(C(F)(F)F)n1. The minimum absolute atomic E-state index is 0.00248. The molecule has 1 aromatic rings. The average molecular weight is 269 g/mol. The fourth-order valence-corrected chi connectivity index (χ4v) is 1.70. The fourth-order valence-electron chi connectivity index (χ4n) is 0.878. The summed E-state index contributed by atoms with van der Waals surface area (Å²) in [6.07, 6.45) is -5.69. The molecule has 0 radical (unpaired) electrons. The lowest BCUT2D eigenvalue weighted by Crippen LogP contribution is -2.16. The van der Waals surface area contributed by atoms with Crippen LogP contribution in [0.5, 0.6) is 0 Å². The van der Waals surface area contributed by atoms with E-state index in [1.54, 1.807) is 0 Å². The summed E-state index contributed by atoms with van der Waals surface area (Å²) in [5.74, 6) is -1.60. The van der Waals surface area contributed by atoms with Crippen LogP contribution in [0.15, 0.2) is 11.1 Å². The number of aromatic nitrogens is 2. The van der Waals surface area contributed by atoms with Crippen molar-refractivity contribution in [3.8, 4) is 0 Å². The summed E-state index contributed by atoms with van der Waals surface area (Å²) in [7, 11) is 0. The van der Waals surface area contributed by atoms with Crippen LogP contribution >= 0.6 is 11.8 Å². The van der Waals surface area contributed by atoms with Gasteiger partial charge in [0.25, 0.3) is 0 Å². The molecule has 0 spiro atoms. The number of rotatable bonds is 4. The molecule has 4 N–H and O–H groups in total. The number of nitrogens with two attached hydrogens (primary N) is 1. The van der Waals surface area contributed by atoms with Gasteiger partial charge in [-0.1, -0.05) is 0 Å². The molecule has 0 saturated heterocycles. The van der Waals surface area contributed by atoms with E-state index in [-0.39, 0.29) is 16.6 Å². The van der Waals surface area contributed by atoms with Crippen LogP contribution in [-0.4, -0.2) is 38.6 Å². The smallest absolute Gasteiger partial charge is 0.394 e. The van der Waals surface area contributed by atoms with Gasteiger partial charge in [-0.15, -0.1) is 11.8 Å². The molecule has 9 heteroatoms. The highest BCUT2D eigenvalue weighted by Gasteiger charge is 2.35. The first-order valence-electron chi connectivity index (χ1n) is 4.46. The Morgan fingerprint density at radius 1 is 1.41 bits per heavy atom. The van der Waals surface area contributed by atoms with Crippen molar-refractivity contribution in [1.29, 1.82) is 0 Å². The van der Waals surface area contributed by atoms with E-state index in [9.17, 15) is 13.2 Å². The van der Waals surface area contributed by atoms with Gasteiger partial charge >= 0.3 is 6.18 Å². The predicted molar refractivity (Wildman–Crippen MR) is 55.3 cm³/mol. The van der Waals surface area contributed by atoms with Gasteiger partial charge < -0.3 is 15.9 Å². The topological polar surface area (TPSA) is 92.3 Å². The molecular weight excluding hydrogens is 259 g/mol. The Bertz CT molecular complexity index is 389. The van der Waals surface area contributed by atoms with Crippen molar-refractivity contribution < 1.29 is 23.4 Å². The third-order valence-corrected chi connectivity index (χ3v) is 2.67. The van der Waals surface area contributed by atoms with Crippen LogP contribution in [-0.2, 0) is 6.18 Å². The van der Waals surface area contributed by atoms with E-state index in [1.807, 2.05) is 0 Å². The number of nitrogens with zero attached hydrogens (tertiary/aromatic N) is 2. The maximum Gasteiger partial charge on any atom is 0.451 e. The summed E-state index contributed by atoms with van der Waals surface area (Å²) in [5, 5.41) is 17.6. The van der Waals surface area contributed by atoms with E-state index in [0.29, 0.717) is 0 Å². The Hall–Kier alpha value is -1.06. The van der Waals surface area contributed by atoms with Crippen LogP contribution in [0.1, 0.15) is 5.82 Å². The van der Waals surface area contributed by atoms with Gasteiger partial charge in [0.05, 0.1) is 12.7 Å². The molecule has 5 nitrogen and oxygen atoms in total. The minimum atomic E-state index is -4.67. The molecule has 0 aliphatic heterocycles. The highest BCUT2D eigenvalue weighted by atomic mass is 32.2. The molecule has 96 valence electrons. The number of alkyl halides is 3. The zero-order valence-corrected chi connectivity index (χ0v) is 9.29. The molecule has 0 saturated carbocycles. The van der Waals surface area contributed by atoms with Crippen LogP contribution in [0, 0.1) is 0 Å². The second kappa shape index (κ2) is 5.52. The van der Waals surface area contributed by atoms with E-state index >= 15 is 0 Å². The van der Waals surface area contributed by atoms with Crippen LogP contribution in [0.4, 0.5) is 19.0 Å². The van der Waals surface area contributed by atoms with Crippen molar-refractivity contribution >= 4 is 17.6 Å². The highest BCUT2D eigenvalue weighted by Crippen LogP contribution is 2.29. The van der Waals surface area contributed by atoms with Crippen LogP contribution < -0.4 is 5.73 Å². The monoisotopic (exact) mass is 269 g/mol. The molecule has 0 aromatic carbocycles. The maximum atomic E-state index is 12.3. The number of aliphatic hydroxyl groups excluding tert-OH is 2. The van der Waals surface area contributed by atoms with Crippen LogP contribution in [0.2, 0.25) is 0 Å². The van der Waals surface area contributed by atoms with Gasteiger partial charge in [-0.25, -0.2) is 9.97 Å². The van der Waals surface area contributed by atoms with E-state index < -0.39 is 24.7 Å². The van der Waals surface area contributed by atoms with Crippen LogP contribution in [0.3, 0.4) is 0 Å². The first-order chi connectivity index (χ1) is 7.82. The summed E-state index contributed by atoms with van der Waals surface area (Å²) < 4.78 is 37.0. The molecule has 17 heavy (non-hydrogen) atoms. The summed E-state index contributed by atoms with van der Waals surface area (Å²) in [4.78, 5) is 6.33. The van der Waals surface area contributed by atoms with Crippen molar-refractivity contribution in [2.75, 3.05) is 18.1 Å². The van der Waals surface area contributed by atoms with Gasteiger partial charge in [0.2, 0.25) is 5.82 Å². The second-order valence-corrected chi connectivity index (χ2v) is 4.14. The Morgan fingerprint density at radius 3 is 2.59 bits per heavy atom. The number of thioether (sulfide) groups is 1. The average Bonchev–Trinajstić information content (AvgIpc) is 2.24. The Kier molecular flexibility index (Phi) is 4.54. The van der Waals surface area contributed by atoms with Crippen molar-refractivity contribution in [3.05, 3.63) is 11.9 Å². The summed E-state index contributed by atoms with van der Waals surface area (Å²) in [5.41, 5.74) is 5.22. The molecule has 0 aliphatic carbocycles. The van der Waals surface area contributed by atoms with E-state index in [2.05, 4.69) is 9.97 Å². The highest BCUT2D eigenvalue weighted by molar-refractivity contribution is 7.99. The molecular formula is C8H10F3N3O2S. The minimum Gasteiger partial charge on any atom is -0.394 e. The van der Waals surface area contributed by atoms with Crippen molar-refractivity contribution in [1.82, 2.24) is 9.97 Å². The third kappa shape index (κ3) is 4.36. The largest absolute Gasteiger partial charge is 0.451 e. The Balaban J connectivity index is 2.83. The van der Waals surface area contributed by atoms with Gasteiger partial charge in [0.15, 0.2) is 0 Å². The lowest BCUT2D eigenvalue weighted by atomic mass is 10.4. The number of nitrogen functional groups attached to an aromatic ring is 1. The quantitative estimate of drug-likeness (QED) is 0.545. The number of hydrogen-bond donors (Lipinski definition) is 3. The van der Waals surface area contributed by atoms with Gasteiger partial charge in [-0.2, -0.15) is 13.2 Å². The number of aliphatic hydroxyl groups is 2. The van der Waals surface area contributed by atoms with E-state index in [0.717, 1.165) is 11.8 Å². The standard InChI is InChI=1S/C8H10F3N3O2S/c9-8(10,11)7-13-5(12)1-6(14-7)17-3-4(16)2-15/h1,4,15-16H,2-3H2,(H2,12,13,14). The first-order valence-corrected chi connectivity index (χ1v) is 5.45. The summed E-state index contributed by atoms with van der Waals surface area (Å²) >= 11 is 0.856. The molecule has 1 atom stereocenters. The van der Waals surface area contributed by atoms with Crippen LogP contribution in [0.25, 0.3) is 0 Å². The number of halogens is 3. The zero-order chi connectivity index (χ0) is 13.1. The number of hydrogen-bond acceptors (Lipinski definition) is 6. The Morgan fingerprint density at radius 2 is 2.06 bits per heavy atom. The van der Waals surface area contributed by atoms with Gasteiger partial charge in [-0.3, -0.25) is 0 Å². The molecule has 0 aliphatic rings. The predicted octanol–water partition coefficient (Wildman–Crippen LogP) is 0.523. The third-order valence-electron chi connectivity index (χ3n) is 1.61. The zero-order valence-electron chi connectivity index (χ0n) is 8.48. The van der Waals surface area contributed by atoms with E-state index in [4.69, 9.17) is 15.9 Å². The second-order valence-electron chi connectivity index (χ2n) is 3.10. The molecule has 1 rings (SSSR count). The fraction of sp³-hybridized carbons (Fsp3) is 0.500. The van der Waals surface area contributed by atoms with E-state index in [1.165, 1.54) is 6.07 Å². The molecule has 1 unspecified atom stereocenters. The van der Waals surface area contributed by atoms with Crippen molar-refractivity contribution in [2.24, 2.45) is 0 Å². The van der Waals surface area contributed by atoms with Gasteiger partial charge in [-0.05, 0) is 0 Å². The molecule has 1 heterocycles. The maximum absolute atomic E-state index is 12.3.